The Balaban J connectivity index is 2.25. The van der Waals surface area contributed by atoms with Crippen LogP contribution in [0.3, 0.4) is 0 Å². The molecule has 2 aromatic rings. The number of alkyl halides is 3. The van der Waals surface area contributed by atoms with Gasteiger partial charge in [-0.15, -0.1) is 0 Å². The van der Waals surface area contributed by atoms with Crippen LogP contribution in [0.1, 0.15) is 11.1 Å². The number of rotatable bonds is 5. The average molecular weight is 395 g/mol. The zero-order chi connectivity index (χ0) is 18.8. The van der Waals surface area contributed by atoms with Crippen molar-refractivity contribution in [2.24, 2.45) is 0 Å². The minimum Gasteiger partial charge on any atom is -0.283 e. The van der Waals surface area contributed by atoms with Crippen molar-refractivity contribution in [3.8, 4) is 0 Å². The molecule has 0 radical (unpaired) electrons. The second-order valence-electron chi connectivity index (χ2n) is 4.98. The maximum Gasteiger partial charge on any atom is 0.417 e. The van der Waals surface area contributed by atoms with Crippen molar-refractivity contribution in [3.63, 3.8) is 0 Å². The number of sulfonamides is 1. The topological polar surface area (TPSA) is 89.3 Å². The van der Waals surface area contributed by atoms with Crippen molar-refractivity contribution in [2.45, 2.75) is 11.9 Å². The van der Waals surface area contributed by atoms with Crippen LogP contribution in [-0.4, -0.2) is 13.3 Å². The number of hydrogen-bond acceptors (Lipinski definition) is 4. The van der Waals surface area contributed by atoms with E-state index in [1.807, 2.05) is 4.72 Å². The minimum absolute atomic E-state index is 0.117. The highest BCUT2D eigenvalue weighted by molar-refractivity contribution is 7.91. The standard InChI is InChI=1S/C14H10ClF3N2O4S/c15-13-5-4-10(7-12(13)14(16,17)18)19-25(23,24)8-9-2-1-3-11(6-9)20(21)22/h1-7,19H,8H2. The van der Waals surface area contributed by atoms with Gasteiger partial charge in [0.15, 0.2) is 0 Å². The highest BCUT2D eigenvalue weighted by Gasteiger charge is 2.33. The van der Waals surface area contributed by atoms with Gasteiger partial charge in [-0.05, 0) is 23.8 Å². The molecule has 0 aromatic heterocycles. The molecule has 0 aliphatic carbocycles. The first-order valence-corrected chi connectivity index (χ1v) is 8.61. The van der Waals surface area contributed by atoms with Gasteiger partial charge in [-0.2, -0.15) is 13.2 Å². The fraction of sp³-hybridized carbons (Fsp3) is 0.143. The average Bonchev–Trinajstić information content (AvgIpc) is 2.47. The molecule has 0 aliphatic rings. The number of nitro benzene ring substituents is 1. The van der Waals surface area contributed by atoms with E-state index in [-0.39, 0.29) is 16.9 Å². The van der Waals surface area contributed by atoms with Crippen LogP contribution in [0.25, 0.3) is 0 Å². The zero-order valence-electron chi connectivity index (χ0n) is 12.2. The molecule has 0 atom stereocenters. The van der Waals surface area contributed by atoms with Crippen LogP contribution in [0, 0.1) is 10.1 Å². The third kappa shape index (κ3) is 5.07. The van der Waals surface area contributed by atoms with Gasteiger partial charge in [-0.25, -0.2) is 8.42 Å². The first kappa shape index (κ1) is 19.0. The molecule has 0 amide bonds. The van der Waals surface area contributed by atoms with Crippen molar-refractivity contribution in [1.29, 1.82) is 0 Å². The SMILES string of the molecule is O=[N+]([O-])c1cccc(CS(=O)(=O)Nc2ccc(Cl)c(C(F)(F)F)c2)c1. The second kappa shape index (κ2) is 6.89. The summed E-state index contributed by atoms with van der Waals surface area (Å²) in [7, 11) is -4.09. The predicted octanol–water partition coefficient (Wildman–Crippen LogP) is 4.21. The van der Waals surface area contributed by atoms with Gasteiger partial charge in [0.2, 0.25) is 10.0 Å². The number of hydrogen-bond donors (Lipinski definition) is 1. The van der Waals surface area contributed by atoms with Crippen molar-refractivity contribution < 1.29 is 26.5 Å². The van der Waals surface area contributed by atoms with E-state index in [0.717, 1.165) is 18.2 Å². The van der Waals surface area contributed by atoms with Gasteiger partial charge in [0.05, 0.1) is 21.3 Å². The molecule has 6 nitrogen and oxygen atoms in total. The molecule has 11 heteroatoms. The Labute approximate surface area is 145 Å². The molecule has 0 bridgehead atoms. The lowest BCUT2D eigenvalue weighted by Gasteiger charge is -2.12. The molecule has 2 rings (SSSR count). The Hall–Kier alpha value is -2.33. The lowest BCUT2D eigenvalue weighted by atomic mass is 10.2. The van der Waals surface area contributed by atoms with Crippen LogP contribution >= 0.6 is 11.6 Å². The van der Waals surface area contributed by atoms with E-state index >= 15 is 0 Å². The van der Waals surface area contributed by atoms with Crippen LogP contribution in [0.15, 0.2) is 42.5 Å². The van der Waals surface area contributed by atoms with Crippen LogP contribution in [0.5, 0.6) is 0 Å². The van der Waals surface area contributed by atoms with Crippen LogP contribution in [-0.2, 0) is 22.0 Å². The fourth-order valence-electron chi connectivity index (χ4n) is 2.00. The van der Waals surface area contributed by atoms with E-state index in [0.29, 0.717) is 6.07 Å². The molecule has 0 saturated heterocycles. The fourth-order valence-corrected chi connectivity index (χ4v) is 3.40. The summed E-state index contributed by atoms with van der Waals surface area (Å²) in [4.78, 5) is 10.0. The molecule has 0 fully saturated rings. The van der Waals surface area contributed by atoms with Gasteiger partial charge in [0.25, 0.3) is 5.69 Å². The number of nitro groups is 1. The van der Waals surface area contributed by atoms with Crippen LogP contribution in [0.4, 0.5) is 24.5 Å². The minimum atomic E-state index is -4.74. The summed E-state index contributed by atoms with van der Waals surface area (Å²) in [6, 6.07) is 7.52. The quantitative estimate of drug-likeness (QED) is 0.607. The number of halogens is 4. The van der Waals surface area contributed by atoms with E-state index in [9.17, 15) is 31.7 Å². The van der Waals surface area contributed by atoms with E-state index in [2.05, 4.69) is 0 Å². The Morgan fingerprint density at radius 3 is 2.44 bits per heavy atom. The second-order valence-corrected chi connectivity index (χ2v) is 7.11. The Morgan fingerprint density at radius 2 is 1.84 bits per heavy atom. The Kier molecular flexibility index (Phi) is 5.23. The molecule has 2 aromatic carbocycles. The summed E-state index contributed by atoms with van der Waals surface area (Å²) in [6.45, 7) is 0. The molecular weight excluding hydrogens is 385 g/mol. The van der Waals surface area contributed by atoms with Gasteiger partial charge in [-0.1, -0.05) is 23.7 Å². The number of non-ortho nitro benzene ring substituents is 1. The van der Waals surface area contributed by atoms with Gasteiger partial charge in [0, 0.05) is 17.8 Å². The molecule has 25 heavy (non-hydrogen) atoms. The summed E-state index contributed by atoms with van der Waals surface area (Å²) in [5.74, 6) is -0.640. The lowest BCUT2D eigenvalue weighted by Crippen LogP contribution is -2.16. The van der Waals surface area contributed by atoms with Crippen LogP contribution in [0.2, 0.25) is 5.02 Å². The van der Waals surface area contributed by atoms with Gasteiger partial charge >= 0.3 is 6.18 Å². The highest BCUT2D eigenvalue weighted by atomic mass is 35.5. The number of nitrogens with zero attached hydrogens (tertiary/aromatic N) is 1. The Morgan fingerprint density at radius 1 is 1.16 bits per heavy atom. The summed E-state index contributed by atoms with van der Waals surface area (Å²) >= 11 is 5.47. The number of benzene rings is 2. The van der Waals surface area contributed by atoms with Crippen molar-refractivity contribution in [3.05, 3.63) is 68.7 Å². The van der Waals surface area contributed by atoms with E-state index in [1.54, 1.807) is 0 Å². The van der Waals surface area contributed by atoms with Crippen molar-refractivity contribution in [1.82, 2.24) is 0 Å². The molecule has 134 valence electrons. The molecule has 1 N–H and O–H groups in total. The molecule has 0 unspecified atom stereocenters. The van der Waals surface area contributed by atoms with E-state index < -0.39 is 37.5 Å². The maximum absolute atomic E-state index is 12.8. The molecule has 0 heterocycles. The van der Waals surface area contributed by atoms with Gasteiger partial charge < -0.3 is 0 Å². The zero-order valence-corrected chi connectivity index (χ0v) is 13.8. The third-order valence-corrected chi connectivity index (χ3v) is 4.61. The van der Waals surface area contributed by atoms with Crippen LogP contribution < -0.4 is 4.72 Å². The summed E-state index contributed by atoms with van der Waals surface area (Å²) in [5.41, 5.74) is -1.67. The monoisotopic (exact) mass is 394 g/mol. The predicted molar refractivity (Wildman–Crippen MR) is 85.8 cm³/mol. The maximum atomic E-state index is 12.8. The lowest BCUT2D eigenvalue weighted by molar-refractivity contribution is -0.384. The van der Waals surface area contributed by atoms with Crippen molar-refractivity contribution >= 4 is 33.0 Å². The summed E-state index contributed by atoms with van der Waals surface area (Å²) < 4.78 is 64.6. The summed E-state index contributed by atoms with van der Waals surface area (Å²) in [5, 5.41) is 10.1. The third-order valence-electron chi connectivity index (χ3n) is 3.02. The molecule has 0 spiro atoms. The Bertz CT molecular complexity index is 917. The number of anilines is 1. The largest absolute Gasteiger partial charge is 0.417 e. The van der Waals surface area contributed by atoms with Crippen molar-refractivity contribution in [2.75, 3.05) is 4.72 Å². The number of nitrogens with one attached hydrogen (secondary N) is 1. The molecule has 0 saturated carbocycles. The smallest absolute Gasteiger partial charge is 0.283 e. The summed E-state index contributed by atoms with van der Waals surface area (Å²) in [6.07, 6.45) is -4.74. The normalized spacial score (nSPS) is 12.0. The highest BCUT2D eigenvalue weighted by Crippen LogP contribution is 2.36. The first-order valence-electron chi connectivity index (χ1n) is 6.58. The molecule has 0 aliphatic heterocycles. The van der Waals surface area contributed by atoms with Gasteiger partial charge in [-0.3, -0.25) is 14.8 Å². The first-order chi connectivity index (χ1) is 11.5. The van der Waals surface area contributed by atoms with E-state index in [1.165, 1.54) is 18.2 Å². The van der Waals surface area contributed by atoms with E-state index in [4.69, 9.17) is 11.6 Å². The van der Waals surface area contributed by atoms with Gasteiger partial charge in [0.1, 0.15) is 0 Å². The molecular formula is C14H10ClF3N2O4S.